The third-order valence-corrected chi connectivity index (χ3v) is 4.30. The third-order valence-electron chi connectivity index (χ3n) is 4.30. The van der Waals surface area contributed by atoms with Gasteiger partial charge >= 0.3 is 6.18 Å². The molecule has 1 aromatic rings. The highest BCUT2D eigenvalue weighted by atomic mass is 19.4. The minimum atomic E-state index is -4.26. The van der Waals surface area contributed by atoms with E-state index >= 15 is 0 Å². The SMILES string of the molecule is CCCOC1(C)CCN(C(c2ccccc2)C(F)(F)F)CC1. The van der Waals surface area contributed by atoms with Crippen LogP contribution in [-0.2, 0) is 4.74 Å². The molecule has 0 saturated carbocycles. The van der Waals surface area contributed by atoms with Crippen molar-refractivity contribution in [1.82, 2.24) is 4.90 Å². The second-order valence-electron chi connectivity index (χ2n) is 6.19. The monoisotopic (exact) mass is 315 g/mol. The van der Waals surface area contributed by atoms with E-state index in [-0.39, 0.29) is 5.60 Å². The van der Waals surface area contributed by atoms with E-state index in [1.54, 1.807) is 30.3 Å². The first-order valence-electron chi connectivity index (χ1n) is 7.85. The maximum atomic E-state index is 13.5. The highest BCUT2D eigenvalue weighted by Crippen LogP contribution is 2.40. The van der Waals surface area contributed by atoms with E-state index in [1.165, 1.54) is 4.90 Å². The molecule has 1 aliphatic rings. The summed E-state index contributed by atoms with van der Waals surface area (Å²) in [5.74, 6) is 0. The normalized spacial score (nSPS) is 20.8. The maximum Gasteiger partial charge on any atom is 0.408 e. The van der Waals surface area contributed by atoms with Crippen molar-refractivity contribution in [3.8, 4) is 0 Å². The van der Waals surface area contributed by atoms with Gasteiger partial charge in [0, 0.05) is 19.7 Å². The van der Waals surface area contributed by atoms with Crippen molar-refractivity contribution in [3.63, 3.8) is 0 Å². The standard InChI is InChI=1S/C17H24F3NO/c1-3-13-22-16(2)9-11-21(12-10-16)15(17(18,19)20)14-7-5-4-6-8-14/h4-8,15H,3,9-13H2,1-2H3. The second kappa shape index (κ2) is 7.01. The number of piperidine rings is 1. The zero-order chi connectivity index (χ0) is 16.2. The van der Waals surface area contributed by atoms with Gasteiger partial charge < -0.3 is 4.74 Å². The first-order valence-corrected chi connectivity index (χ1v) is 7.85. The first-order chi connectivity index (χ1) is 10.4. The van der Waals surface area contributed by atoms with E-state index in [4.69, 9.17) is 4.74 Å². The lowest BCUT2D eigenvalue weighted by atomic mass is 9.91. The molecule has 1 atom stereocenters. The number of ether oxygens (including phenoxy) is 1. The topological polar surface area (TPSA) is 12.5 Å². The fourth-order valence-corrected chi connectivity index (χ4v) is 2.99. The van der Waals surface area contributed by atoms with Crippen LogP contribution in [0.25, 0.3) is 0 Å². The van der Waals surface area contributed by atoms with Crippen molar-refractivity contribution < 1.29 is 17.9 Å². The molecule has 124 valence electrons. The summed E-state index contributed by atoms with van der Waals surface area (Å²) in [7, 11) is 0. The highest BCUT2D eigenvalue weighted by Gasteiger charge is 2.46. The summed E-state index contributed by atoms with van der Waals surface area (Å²) in [5.41, 5.74) is 0.0207. The van der Waals surface area contributed by atoms with E-state index in [0.29, 0.717) is 38.1 Å². The predicted molar refractivity (Wildman–Crippen MR) is 80.7 cm³/mol. The number of likely N-dealkylation sites (tertiary alicyclic amines) is 1. The van der Waals surface area contributed by atoms with Crippen molar-refractivity contribution in [2.24, 2.45) is 0 Å². The van der Waals surface area contributed by atoms with Gasteiger partial charge in [-0.15, -0.1) is 0 Å². The molecule has 1 heterocycles. The van der Waals surface area contributed by atoms with Gasteiger partial charge in [0.2, 0.25) is 0 Å². The number of halogens is 3. The third kappa shape index (κ3) is 4.23. The number of alkyl halides is 3. The van der Waals surface area contributed by atoms with Crippen LogP contribution >= 0.6 is 0 Å². The summed E-state index contributed by atoms with van der Waals surface area (Å²) in [6.45, 7) is 5.51. The molecule has 5 heteroatoms. The van der Waals surface area contributed by atoms with Crippen LogP contribution in [-0.4, -0.2) is 36.4 Å². The lowest BCUT2D eigenvalue weighted by molar-refractivity contribution is -0.196. The van der Waals surface area contributed by atoms with Gasteiger partial charge in [-0.1, -0.05) is 37.3 Å². The number of hydrogen-bond acceptors (Lipinski definition) is 2. The maximum absolute atomic E-state index is 13.5. The van der Waals surface area contributed by atoms with Crippen molar-refractivity contribution in [2.45, 2.75) is 50.9 Å². The Labute approximate surface area is 130 Å². The van der Waals surface area contributed by atoms with Gasteiger partial charge in [-0.2, -0.15) is 13.2 Å². The summed E-state index contributed by atoms with van der Waals surface area (Å²) in [5, 5.41) is 0. The number of rotatable bonds is 5. The number of benzene rings is 1. The van der Waals surface area contributed by atoms with E-state index in [9.17, 15) is 13.2 Å². The average molecular weight is 315 g/mol. The van der Waals surface area contributed by atoms with Gasteiger partial charge in [0.1, 0.15) is 6.04 Å². The summed E-state index contributed by atoms with van der Waals surface area (Å²) < 4.78 is 46.4. The summed E-state index contributed by atoms with van der Waals surface area (Å²) in [6, 6.07) is 6.64. The molecule has 22 heavy (non-hydrogen) atoms. The van der Waals surface area contributed by atoms with Crippen LogP contribution in [0, 0.1) is 0 Å². The predicted octanol–water partition coefficient (Wildman–Crippen LogP) is 4.57. The molecule has 1 aliphatic heterocycles. The molecule has 1 aromatic carbocycles. The van der Waals surface area contributed by atoms with Gasteiger partial charge in [-0.05, 0) is 31.7 Å². The summed E-state index contributed by atoms with van der Waals surface area (Å²) in [6.07, 6.45) is -2.08. The molecule has 0 radical (unpaired) electrons. The van der Waals surface area contributed by atoms with E-state index in [2.05, 4.69) is 0 Å². The summed E-state index contributed by atoms with van der Waals surface area (Å²) >= 11 is 0. The molecule has 0 spiro atoms. The molecule has 1 saturated heterocycles. The molecular weight excluding hydrogens is 291 g/mol. The quantitative estimate of drug-likeness (QED) is 0.789. The molecule has 0 amide bonds. The molecular formula is C17H24F3NO. The fraction of sp³-hybridized carbons (Fsp3) is 0.647. The zero-order valence-electron chi connectivity index (χ0n) is 13.2. The molecule has 0 bridgehead atoms. The Morgan fingerprint density at radius 3 is 2.27 bits per heavy atom. The van der Waals surface area contributed by atoms with Gasteiger partial charge in [0.05, 0.1) is 5.60 Å². The van der Waals surface area contributed by atoms with Gasteiger partial charge in [-0.3, -0.25) is 4.90 Å². The minimum absolute atomic E-state index is 0.292. The van der Waals surface area contributed by atoms with Gasteiger partial charge in [0.25, 0.3) is 0 Å². The van der Waals surface area contributed by atoms with Gasteiger partial charge in [-0.25, -0.2) is 0 Å². The van der Waals surface area contributed by atoms with Crippen LogP contribution in [0.2, 0.25) is 0 Å². The summed E-state index contributed by atoms with van der Waals surface area (Å²) in [4.78, 5) is 1.53. The smallest absolute Gasteiger partial charge is 0.375 e. The number of hydrogen-bond donors (Lipinski definition) is 0. The average Bonchev–Trinajstić information content (AvgIpc) is 2.48. The zero-order valence-corrected chi connectivity index (χ0v) is 13.2. The van der Waals surface area contributed by atoms with Crippen LogP contribution in [0.5, 0.6) is 0 Å². The molecule has 2 rings (SSSR count). The first kappa shape index (κ1) is 17.3. The Bertz CT molecular complexity index is 453. The van der Waals surface area contributed by atoms with Crippen LogP contribution < -0.4 is 0 Å². The fourth-order valence-electron chi connectivity index (χ4n) is 2.99. The molecule has 2 nitrogen and oxygen atoms in total. The van der Waals surface area contributed by atoms with E-state index < -0.39 is 12.2 Å². The van der Waals surface area contributed by atoms with Crippen LogP contribution in [0.1, 0.15) is 44.7 Å². The van der Waals surface area contributed by atoms with Crippen molar-refractivity contribution in [1.29, 1.82) is 0 Å². The highest BCUT2D eigenvalue weighted by molar-refractivity contribution is 5.21. The Hall–Kier alpha value is -1.07. The molecule has 1 unspecified atom stereocenters. The van der Waals surface area contributed by atoms with Crippen molar-refractivity contribution >= 4 is 0 Å². The van der Waals surface area contributed by atoms with Gasteiger partial charge in [0.15, 0.2) is 0 Å². The Morgan fingerprint density at radius 2 is 1.77 bits per heavy atom. The van der Waals surface area contributed by atoms with Crippen molar-refractivity contribution in [2.75, 3.05) is 19.7 Å². The van der Waals surface area contributed by atoms with E-state index in [0.717, 1.165) is 6.42 Å². The number of nitrogens with zero attached hydrogens (tertiary/aromatic N) is 1. The Kier molecular flexibility index (Phi) is 5.50. The van der Waals surface area contributed by atoms with Crippen molar-refractivity contribution in [3.05, 3.63) is 35.9 Å². The lowest BCUT2D eigenvalue weighted by Crippen LogP contribution is -2.48. The molecule has 0 aliphatic carbocycles. The lowest BCUT2D eigenvalue weighted by Gasteiger charge is -2.43. The minimum Gasteiger partial charge on any atom is -0.375 e. The van der Waals surface area contributed by atoms with Crippen LogP contribution in [0.3, 0.4) is 0 Å². The molecule has 0 N–H and O–H groups in total. The van der Waals surface area contributed by atoms with Crippen LogP contribution in [0.15, 0.2) is 30.3 Å². The largest absolute Gasteiger partial charge is 0.408 e. The second-order valence-corrected chi connectivity index (χ2v) is 6.19. The molecule has 1 fully saturated rings. The van der Waals surface area contributed by atoms with Crippen LogP contribution in [0.4, 0.5) is 13.2 Å². The van der Waals surface area contributed by atoms with E-state index in [1.807, 2.05) is 13.8 Å². The Balaban J connectivity index is 2.09. The Morgan fingerprint density at radius 1 is 1.18 bits per heavy atom. The molecule has 0 aromatic heterocycles.